The molecule has 110 valence electrons. The third kappa shape index (κ3) is 4.85. The molecule has 1 aliphatic rings. The summed E-state index contributed by atoms with van der Waals surface area (Å²) < 4.78 is 0. The zero-order valence-corrected chi connectivity index (χ0v) is 12.1. The van der Waals surface area contributed by atoms with E-state index in [-0.39, 0.29) is 5.91 Å². The lowest BCUT2D eigenvalue weighted by Crippen LogP contribution is -2.35. The molecule has 4 nitrogen and oxygen atoms in total. The second-order valence-electron chi connectivity index (χ2n) is 5.80. The number of carbonyl (C=O) groups excluding carboxylic acids is 1. The van der Waals surface area contributed by atoms with Gasteiger partial charge in [0, 0.05) is 12.1 Å². The van der Waals surface area contributed by atoms with Gasteiger partial charge in [0.2, 0.25) is 5.91 Å². The number of nitrogens with two attached hydrogens (primary N) is 2. The quantitative estimate of drug-likeness (QED) is 0.777. The Morgan fingerprint density at radius 2 is 1.85 bits per heavy atom. The van der Waals surface area contributed by atoms with Crippen molar-refractivity contribution in [2.45, 2.75) is 32.1 Å². The number of aryl methyl sites for hydroxylation is 1. The lowest BCUT2D eigenvalue weighted by atomic mass is 9.93. The predicted octanol–water partition coefficient (Wildman–Crippen LogP) is 1.79. The van der Waals surface area contributed by atoms with Crippen LogP contribution in [0.3, 0.4) is 0 Å². The minimum Gasteiger partial charge on any atom is -0.399 e. The van der Waals surface area contributed by atoms with Crippen LogP contribution in [-0.2, 0) is 11.2 Å². The molecular weight excluding hydrogens is 250 g/mol. The van der Waals surface area contributed by atoms with Gasteiger partial charge in [-0.2, -0.15) is 0 Å². The van der Waals surface area contributed by atoms with E-state index in [9.17, 15) is 4.79 Å². The molecular formula is C16H25N3O. The van der Waals surface area contributed by atoms with Crippen molar-refractivity contribution in [2.75, 3.05) is 25.4 Å². The van der Waals surface area contributed by atoms with Crippen LogP contribution in [0.4, 0.5) is 5.69 Å². The molecule has 0 aliphatic carbocycles. The van der Waals surface area contributed by atoms with Crippen LogP contribution in [0, 0.1) is 5.92 Å². The van der Waals surface area contributed by atoms with Gasteiger partial charge in [0.1, 0.15) is 0 Å². The maximum atomic E-state index is 10.9. The topological polar surface area (TPSA) is 72.4 Å². The Bertz CT molecular complexity index is 422. The largest absolute Gasteiger partial charge is 0.399 e. The van der Waals surface area contributed by atoms with E-state index >= 15 is 0 Å². The standard InChI is InChI=1S/C16H25N3O/c17-15-5-3-13(4-6-15)2-1-9-19-10-7-14(8-11-19)12-16(18)20/h3-6,14H,1-2,7-12,17H2,(H2,18,20). The fraction of sp³-hybridized carbons (Fsp3) is 0.562. The highest BCUT2D eigenvalue weighted by molar-refractivity contribution is 5.73. The second-order valence-corrected chi connectivity index (χ2v) is 5.80. The van der Waals surface area contributed by atoms with Gasteiger partial charge in [-0.3, -0.25) is 4.79 Å². The van der Waals surface area contributed by atoms with E-state index in [2.05, 4.69) is 17.0 Å². The number of benzene rings is 1. The van der Waals surface area contributed by atoms with Crippen LogP contribution < -0.4 is 11.5 Å². The summed E-state index contributed by atoms with van der Waals surface area (Å²) in [5, 5.41) is 0. The zero-order valence-electron chi connectivity index (χ0n) is 12.1. The van der Waals surface area contributed by atoms with E-state index in [0.29, 0.717) is 12.3 Å². The summed E-state index contributed by atoms with van der Waals surface area (Å²) in [6, 6.07) is 8.14. The zero-order chi connectivity index (χ0) is 14.4. The summed E-state index contributed by atoms with van der Waals surface area (Å²) in [5.41, 5.74) is 13.1. The number of primary amides is 1. The lowest BCUT2D eigenvalue weighted by molar-refractivity contribution is -0.119. The average Bonchev–Trinajstić information content (AvgIpc) is 2.42. The maximum Gasteiger partial charge on any atom is 0.217 e. The number of amides is 1. The number of anilines is 1. The van der Waals surface area contributed by atoms with Gasteiger partial charge < -0.3 is 16.4 Å². The molecule has 1 aliphatic heterocycles. The molecule has 0 aromatic heterocycles. The number of hydrogen-bond acceptors (Lipinski definition) is 3. The van der Waals surface area contributed by atoms with Gasteiger partial charge in [-0.25, -0.2) is 0 Å². The Hall–Kier alpha value is -1.55. The van der Waals surface area contributed by atoms with Gasteiger partial charge in [-0.15, -0.1) is 0 Å². The van der Waals surface area contributed by atoms with Gasteiger partial charge in [-0.05, 0) is 68.9 Å². The molecule has 1 fully saturated rings. The fourth-order valence-corrected chi connectivity index (χ4v) is 2.89. The maximum absolute atomic E-state index is 10.9. The fourth-order valence-electron chi connectivity index (χ4n) is 2.89. The minimum absolute atomic E-state index is 0.160. The van der Waals surface area contributed by atoms with Crippen LogP contribution in [0.5, 0.6) is 0 Å². The molecule has 20 heavy (non-hydrogen) atoms. The highest BCUT2D eigenvalue weighted by atomic mass is 16.1. The van der Waals surface area contributed by atoms with E-state index in [1.165, 1.54) is 12.0 Å². The summed E-state index contributed by atoms with van der Waals surface area (Å²) >= 11 is 0. The second kappa shape index (κ2) is 7.29. The molecule has 0 saturated carbocycles. The average molecular weight is 275 g/mol. The van der Waals surface area contributed by atoms with Gasteiger partial charge in [0.15, 0.2) is 0 Å². The Morgan fingerprint density at radius 3 is 2.45 bits per heavy atom. The first-order valence-electron chi connectivity index (χ1n) is 7.48. The SMILES string of the molecule is NC(=O)CC1CCN(CCCc2ccc(N)cc2)CC1. The Balaban J connectivity index is 1.63. The van der Waals surface area contributed by atoms with E-state index in [1.54, 1.807) is 0 Å². The first-order chi connectivity index (χ1) is 9.63. The van der Waals surface area contributed by atoms with Crippen molar-refractivity contribution >= 4 is 11.6 Å². The number of carbonyl (C=O) groups is 1. The molecule has 1 aromatic carbocycles. The van der Waals surface area contributed by atoms with Crippen LogP contribution in [-0.4, -0.2) is 30.4 Å². The van der Waals surface area contributed by atoms with Crippen LogP contribution in [0.1, 0.15) is 31.2 Å². The molecule has 0 spiro atoms. The van der Waals surface area contributed by atoms with Gasteiger partial charge in [0.05, 0.1) is 0 Å². The highest BCUT2D eigenvalue weighted by Crippen LogP contribution is 2.20. The number of nitrogens with zero attached hydrogens (tertiary/aromatic N) is 1. The summed E-state index contributed by atoms with van der Waals surface area (Å²) in [7, 11) is 0. The van der Waals surface area contributed by atoms with E-state index < -0.39 is 0 Å². The molecule has 0 unspecified atom stereocenters. The highest BCUT2D eigenvalue weighted by Gasteiger charge is 2.20. The Labute approximate surface area is 121 Å². The van der Waals surface area contributed by atoms with Crippen LogP contribution in [0.25, 0.3) is 0 Å². The molecule has 0 atom stereocenters. The summed E-state index contributed by atoms with van der Waals surface area (Å²) in [6.45, 7) is 3.33. The predicted molar refractivity (Wildman–Crippen MR) is 82.2 cm³/mol. The van der Waals surface area contributed by atoms with Crippen molar-refractivity contribution < 1.29 is 4.79 Å². The first kappa shape index (κ1) is 14.9. The van der Waals surface area contributed by atoms with E-state index in [0.717, 1.165) is 44.6 Å². The number of likely N-dealkylation sites (tertiary alicyclic amines) is 1. The number of piperidine rings is 1. The van der Waals surface area contributed by atoms with Crippen molar-refractivity contribution in [2.24, 2.45) is 11.7 Å². The molecule has 4 heteroatoms. The monoisotopic (exact) mass is 275 g/mol. The summed E-state index contributed by atoms with van der Waals surface area (Å²) in [4.78, 5) is 13.4. The van der Waals surface area contributed by atoms with Crippen molar-refractivity contribution in [1.82, 2.24) is 4.90 Å². The normalized spacial score (nSPS) is 17.2. The molecule has 4 N–H and O–H groups in total. The number of hydrogen-bond donors (Lipinski definition) is 2. The van der Waals surface area contributed by atoms with Gasteiger partial charge in [0.25, 0.3) is 0 Å². The van der Waals surface area contributed by atoms with Crippen LogP contribution >= 0.6 is 0 Å². The number of rotatable bonds is 6. The molecule has 0 bridgehead atoms. The molecule has 1 aromatic rings. The Kier molecular flexibility index (Phi) is 5.41. The summed E-state index contributed by atoms with van der Waals surface area (Å²) in [5.74, 6) is 0.340. The molecule has 1 amide bonds. The Morgan fingerprint density at radius 1 is 1.20 bits per heavy atom. The van der Waals surface area contributed by atoms with Crippen molar-refractivity contribution in [3.63, 3.8) is 0 Å². The molecule has 1 heterocycles. The number of nitrogen functional groups attached to an aromatic ring is 1. The molecule has 1 saturated heterocycles. The van der Waals surface area contributed by atoms with Crippen molar-refractivity contribution in [1.29, 1.82) is 0 Å². The minimum atomic E-state index is -0.160. The van der Waals surface area contributed by atoms with Crippen molar-refractivity contribution in [3.05, 3.63) is 29.8 Å². The van der Waals surface area contributed by atoms with Crippen LogP contribution in [0.15, 0.2) is 24.3 Å². The lowest BCUT2D eigenvalue weighted by Gasteiger charge is -2.31. The van der Waals surface area contributed by atoms with Gasteiger partial charge in [-0.1, -0.05) is 12.1 Å². The smallest absolute Gasteiger partial charge is 0.217 e. The van der Waals surface area contributed by atoms with Gasteiger partial charge >= 0.3 is 0 Å². The van der Waals surface area contributed by atoms with Crippen LogP contribution in [0.2, 0.25) is 0 Å². The van der Waals surface area contributed by atoms with E-state index in [1.807, 2.05) is 12.1 Å². The van der Waals surface area contributed by atoms with Crippen molar-refractivity contribution in [3.8, 4) is 0 Å². The third-order valence-electron chi connectivity index (χ3n) is 4.12. The third-order valence-corrected chi connectivity index (χ3v) is 4.12. The summed E-state index contributed by atoms with van der Waals surface area (Å²) in [6.07, 6.45) is 5.03. The molecule has 2 rings (SSSR count). The van der Waals surface area contributed by atoms with E-state index in [4.69, 9.17) is 11.5 Å². The molecule has 0 radical (unpaired) electrons. The first-order valence-corrected chi connectivity index (χ1v) is 7.48.